The van der Waals surface area contributed by atoms with Gasteiger partial charge in [0, 0.05) is 10.4 Å². The number of aryl methyl sites for hydroxylation is 1. The minimum atomic E-state index is 0.421. The fourth-order valence-corrected chi connectivity index (χ4v) is 3.29. The molecule has 0 amide bonds. The molecular formula is C18H16BrNO. The first-order chi connectivity index (χ1) is 10.3. The summed E-state index contributed by atoms with van der Waals surface area (Å²) in [4.78, 5) is 0. The van der Waals surface area contributed by atoms with E-state index in [1.807, 2.05) is 12.1 Å². The average Bonchev–Trinajstić information content (AvgIpc) is 2.53. The predicted molar refractivity (Wildman–Crippen MR) is 86.5 cm³/mol. The summed E-state index contributed by atoms with van der Waals surface area (Å²) >= 11 is 3.38. The molecule has 2 nitrogen and oxygen atoms in total. The van der Waals surface area contributed by atoms with E-state index in [0.29, 0.717) is 23.8 Å². The predicted octanol–water partition coefficient (Wildman–Crippen LogP) is 4.82. The van der Waals surface area contributed by atoms with Crippen molar-refractivity contribution in [3.63, 3.8) is 0 Å². The van der Waals surface area contributed by atoms with Crippen molar-refractivity contribution in [1.29, 1.82) is 5.26 Å². The Labute approximate surface area is 133 Å². The minimum Gasteiger partial charge on any atom is -0.492 e. The quantitative estimate of drug-likeness (QED) is 0.801. The Bertz CT molecular complexity index is 690. The molecule has 0 saturated heterocycles. The molecule has 1 unspecified atom stereocenters. The molecule has 0 spiro atoms. The van der Waals surface area contributed by atoms with Crippen LogP contribution in [0.1, 0.15) is 35.4 Å². The second-order valence-electron chi connectivity index (χ2n) is 5.35. The Morgan fingerprint density at radius 2 is 2.10 bits per heavy atom. The Balaban J connectivity index is 1.76. The first kappa shape index (κ1) is 14.2. The maximum absolute atomic E-state index is 9.19. The van der Waals surface area contributed by atoms with Gasteiger partial charge in [-0.1, -0.05) is 40.2 Å². The van der Waals surface area contributed by atoms with E-state index >= 15 is 0 Å². The van der Waals surface area contributed by atoms with Crippen molar-refractivity contribution in [1.82, 2.24) is 0 Å². The topological polar surface area (TPSA) is 33.0 Å². The summed E-state index contributed by atoms with van der Waals surface area (Å²) in [5, 5.41) is 9.19. The van der Waals surface area contributed by atoms with Crippen molar-refractivity contribution in [2.24, 2.45) is 0 Å². The summed E-state index contributed by atoms with van der Waals surface area (Å²) in [5.74, 6) is 1.09. The molecule has 1 aliphatic rings. The number of fused-ring (bicyclic) bond motifs is 1. The number of hydrogen-bond acceptors (Lipinski definition) is 2. The van der Waals surface area contributed by atoms with Crippen LogP contribution in [0.4, 0.5) is 0 Å². The fraction of sp³-hybridized carbons (Fsp3) is 0.278. The van der Waals surface area contributed by atoms with Crippen LogP contribution in [-0.2, 0) is 6.42 Å². The highest BCUT2D eigenvalue weighted by atomic mass is 79.9. The van der Waals surface area contributed by atoms with Crippen LogP contribution >= 0.6 is 15.9 Å². The number of benzene rings is 2. The third-order valence-corrected chi connectivity index (χ3v) is 4.49. The van der Waals surface area contributed by atoms with Gasteiger partial charge in [0.2, 0.25) is 0 Å². The Kier molecular flexibility index (Phi) is 4.26. The van der Waals surface area contributed by atoms with E-state index in [-0.39, 0.29) is 0 Å². The highest BCUT2D eigenvalue weighted by Crippen LogP contribution is 2.32. The highest BCUT2D eigenvalue weighted by molar-refractivity contribution is 9.10. The standard InChI is InChI=1S/C18H16BrNO/c19-16-8-9-18(15(10-16)11-20)21-12-14-6-3-5-13-4-1-2-7-17(13)14/h1-2,4,7-10,14H,3,5-6,12H2. The van der Waals surface area contributed by atoms with E-state index in [1.54, 1.807) is 6.07 Å². The van der Waals surface area contributed by atoms with Gasteiger partial charge in [-0.05, 0) is 48.6 Å². The number of rotatable bonds is 3. The van der Waals surface area contributed by atoms with Crippen molar-refractivity contribution in [2.75, 3.05) is 6.61 Å². The molecule has 0 heterocycles. The summed E-state index contributed by atoms with van der Waals surface area (Å²) < 4.78 is 6.83. The van der Waals surface area contributed by atoms with Gasteiger partial charge in [-0.2, -0.15) is 5.26 Å². The Morgan fingerprint density at radius 1 is 1.24 bits per heavy atom. The van der Waals surface area contributed by atoms with Crippen LogP contribution < -0.4 is 4.74 Å². The average molecular weight is 342 g/mol. The summed E-state index contributed by atoms with van der Waals surface area (Å²) in [6, 6.07) is 16.4. The van der Waals surface area contributed by atoms with Crippen LogP contribution in [0.5, 0.6) is 5.75 Å². The van der Waals surface area contributed by atoms with Crippen LogP contribution in [0.2, 0.25) is 0 Å². The van der Waals surface area contributed by atoms with Gasteiger partial charge in [0.15, 0.2) is 0 Å². The zero-order chi connectivity index (χ0) is 14.7. The largest absolute Gasteiger partial charge is 0.492 e. The number of halogens is 1. The zero-order valence-electron chi connectivity index (χ0n) is 11.7. The summed E-state index contributed by atoms with van der Waals surface area (Å²) in [6.45, 7) is 0.632. The van der Waals surface area contributed by atoms with E-state index in [2.05, 4.69) is 46.3 Å². The van der Waals surface area contributed by atoms with Crippen LogP contribution in [0.3, 0.4) is 0 Å². The second-order valence-corrected chi connectivity index (χ2v) is 6.27. The molecule has 106 valence electrons. The van der Waals surface area contributed by atoms with E-state index < -0.39 is 0 Å². The Hall–Kier alpha value is -1.79. The molecule has 3 heteroatoms. The Morgan fingerprint density at radius 3 is 2.95 bits per heavy atom. The van der Waals surface area contributed by atoms with Gasteiger partial charge in [-0.15, -0.1) is 0 Å². The van der Waals surface area contributed by atoms with Gasteiger partial charge >= 0.3 is 0 Å². The number of nitriles is 1. The lowest BCUT2D eigenvalue weighted by Crippen LogP contribution is -2.16. The van der Waals surface area contributed by atoms with Crippen molar-refractivity contribution >= 4 is 15.9 Å². The van der Waals surface area contributed by atoms with Gasteiger partial charge < -0.3 is 4.74 Å². The van der Waals surface area contributed by atoms with Gasteiger partial charge in [0.25, 0.3) is 0 Å². The molecule has 2 aromatic rings. The molecule has 1 atom stereocenters. The highest BCUT2D eigenvalue weighted by Gasteiger charge is 2.20. The lowest BCUT2D eigenvalue weighted by molar-refractivity contribution is 0.274. The molecule has 0 N–H and O–H groups in total. The molecule has 0 aliphatic heterocycles. The molecular weight excluding hydrogens is 326 g/mol. The van der Waals surface area contributed by atoms with E-state index in [4.69, 9.17) is 4.74 Å². The molecule has 3 rings (SSSR count). The number of ether oxygens (including phenoxy) is 1. The maximum atomic E-state index is 9.19. The van der Waals surface area contributed by atoms with Crippen LogP contribution in [0, 0.1) is 11.3 Å². The smallest absolute Gasteiger partial charge is 0.137 e. The van der Waals surface area contributed by atoms with Crippen LogP contribution in [0.15, 0.2) is 46.9 Å². The van der Waals surface area contributed by atoms with Gasteiger partial charge in [-0.25, -0.2) is 0 Å². The van der Waals surface area contributed by atoms with Crippen molar-refractivity contribution in [3.05, 3.63) is 63.6 Å². The third kappa shape index (κ3) is 3.11. The number of nitrogens with zero attached hydrogens (tertiary/aromatic N) is 1. The van der Waals surface area contributed by atoms with Crippen LogP contribution in [0.25, 0.3) is 0 Å². The van der Waals surface area contributed by atoms with Gasteiger partial charge in [0.05, 0.1) is 12.2 Å². The van der Waals surface area contributed by atoms with Crippen molar-refractivity contribution in [3.8, 4) is 11.8 Å². The monoisotopic (exact) mass is 341 g/mol. The summed E-state index contributed by atoms with van der Waals surface area (Å²) in [5.41, 5.74) is 3.42. The molecule has 1 aliphatic carbocycles. The van der Waals surface area contributed by atoms with Crippen molar-refractivity contribution in [2.45, 2.75) is 25.2 Å². The fourth-order valence-electron chi connectivity index (χ4n) is 2.93. The van der Waals surface area contributed by atoms with E-state index in [0.717, 1.165) is 17.3 Å². The first-order valence-corrected chi connectivity index (χ1v) is 7.97. The maximum Gasteiger partial charge on any atom is 0.137 e. The molecule has 0 saturated carbocycles. The van der Waals surface area contributed by atoms with E-state index in [1.165, 1.54) is 17.5 Å². The van der Waals surface area contributed by atoms with Gasteiger partial charge in [-0.3, -0.25) is 0 Å². The first-order valence-electron chi connectivity index (χ1n) is 7.18. The SMILES string of the molecule is N#Cc1cc(Br)ccc1OCC1CCCc2ccccc21. The second kappa shape index (κ2) is 6.32. The lowest BCUT2D eigenvalue weighted by atomic mass is 9.83. The molecule has 0 fully saturated rings. The van der Waals surface area contributed by atoms with Crippen molar-refractivity contribution < 1.29 is 4.74 Å². The third-order valence-electron chi connectivity index (χ3n) is 4.00. The van der Waals surface area contributed by atoms with E-state index in [9.17, 15) is 5.26 Å². The summed E-state index contributed by atoms with van der Waals surface area (Å²) in [7, 11) is 0. The molecule has 0 bridgehead atoms. The van der Waals surface area contributed by atoms with Gasteiger partial charge in [0.1, 0.15) is 11.8 Å². The zero-order valence-corrected chi connectivity index (χ0v) is 13.3. The minimum absolute atomic E-state index is 0.421. The molecule has 0 radical (unpaired) electrons. The summed E-state index contributed by atoms with van der Waals surface area (Å²) in [6.07, 6.45) is 3.51. The molecule has 2 aromatic carbocycles. The number of hydrogen-bond donors (Lipinski definition) is 0. The van der Waals surface area contributed by atoms with Crippen LogP contribution in [-0.4, -0.2) is 6.61 Å². The lowest BCUT2D eigenvalue weighted by Gasteiger charge is -2.25. The normalized spacial score (nSPS) is 16.9. The molecule has 21 heavy (non-hydrogen) atoms. The molecule has 0 aromatic heterocycles.